The van der Waals surface area contributed by atoms with Crippen LogP contribution >= 0.6 is 64.8 Å². The predicted octanol–water partition coefficient (Wildman–Crippen LogP) is -12.0. The summed E-state index contributed by atoms with van der Waals surface area (Å²) >= 11 is 0. The van der Waals surface area contributed by atoms with Gasteiger partial charge in [-0.3, -0.25) is 97.1 Å². The summed E-state index contributed by atoms with van der Waals surface area (Å²) in [7, 11) is 4.42. The number of carboxylic acid groups (broad SMARTS) is 1. The van der Waals surface area contributed by atoms with E-state index in [0.717, 1.165) is 50.1 Å². The number of aliphatic carboxylic acids is 1. The van der Waals surface area contributed by atoms with Gasteiger partial charge >= 0.3 is 5.97 Å². The molecule has 121 heavy (non-hydrogen) atoms. The molecule has 0 saturated carbocycles. The third-order valence-corrected chi connectivity index (χ3v) is 25.3. The number of aliphatic hydroxyl groups is 3. The summed E-state index contributed by atoms with van der Waals surface area (Å²) in [6, 6.07) is -22.9. The standard InChI is InChI=1S/C67H104N26O22S6/c1-29-51(101)86-40(20-94)59(109)81-36(12-7-15-77-67(74)75)55(105)91-47-28-121-120-25-44-63(113)84-38(17-48(70)97)58(108)93-46(27-119-117-24-43(50(71)100)89-65(47)115)64(114)88-42(22-96)61(111)87-41(21-95)60(110)80-34(10-4-5-13-68)53(103)83-37(16-30-19-78-33-9-3-2-8-31(30)33)57(107)92-45(26-118-116-23-32(69)52(102)90-44)62(112)82-35(11-6-14-76-66(72)73)54(104)85-39(18-49(98)99)56(106)79-29/h2-3,8-9,19,29,32,34-47,78,94-96H,4-7,10-18,20-28,68-69H2,1H3,(H2,70,97)(H2,71,100)(H,79,106)(H,80,110)(H,81,109)(H,82,112)(H,83,103)(H,84,113)(H,85,104)(H,86,101)(H,87,111)(H,88,114)(H,89,115)(H,90,102)(H,91,105)(H,92,107)(H,93,108)(H,98,99)(H4,72,73,76)(H4,74,75,77)/t29-,32-,34-,35-,36-,37-,38+,39-,40-,41-,42-,43-,44-,45-,46-,47-/m0/s1. The Balaban J connectivity index is 1.81. The van der Waals surface area contributed by atoms with E-state index in [4.69, 9.17) is 45.2 Å². The minimum Gasteiger partial charge on any atom is -0.481 e. The number of carbonyl (C=O) groups is 18. The Labute approximate surface area is 715 Å². The minimum atomic E-state index is -2.11. The molecule has 0 spiro atoms. The number of primary amides is 2. The van der Waals surface area contributed by atoms with Crippen LogP contribution in [0.3, 0.4) is 0 Å². The molecule has 54 heteroatoms. The molecular formula is C67H104N26O22S6. The van der Waals surface area contributed by atoms with Crippen LogP contribution in [0.5, 0.6) is 0 Å². The van der Waals surface area contributed by atoms with E-state index in [9.17, 15) is 97.1 Å². The third kappa shape index (κ3) is 34.6. The number of hydrogen-bond donors (Lipinski definition) is 30. The number of carbonyl (C=O) groups excluding carboxylic acids is 17. The second-order valence-electron chi connectivity index (χ2n) is 27.4. The smallest absolute Gasteiger partial charge is 0.305 e. The highest BCUT2D eigenvalue weighted by atomic mass is 33.1. The molecule has 3 aliphatic rings. The van der Waals surface area contributed by atoms with E-state index in [2.05, 4.69) is 95.4 Å². The van der Waals surface area contributed by atoms with E-state index in [0.29, 0.717) is 38.1 Å². The fourth-order valence-electron chi connectivity index (χ4n) is 11.4. The summed E-state index contributed by atoms with van der Waals surface area (Å²) in [6.07, 6.45) is -2.04. The van der Waals surface area contributed by atoms with E-state index in [1.165, 1.54) is 6.20 Å². The Hall–Kier alpha value is -10.3. The number of amides is 17. The number of H-pyrrole nitrogens is 1. The lowest BCUT2D eigenvalue weighted by atomic mass is 10.0. The SMILES string of the molecule is C[C@@H]1NC(=O)[C@H](CC(=O)O)NC(=O)[C@H](CCCNC(=N)N)NC(=O)[C@@H]2CSSC[C@H](N)C(=O)N[C@H]3CSSC[C@H](NC(=O)[C@H](CCCNC(=N)N)NC(=O)[C@H](CO)NC1=O)C(=O)N[C@H](C(N)=O)CSSC[C@H](NC(=O)[C@@H](CC(N)=O)NC3=O)C(=O)N[C@@H](CO)C(=O)N[C@@H](CO)C(=O)N[C@@H](CCCCN)C(=O)N[C@@H](Cc1c[nH]c3ccccc13)C(=O)N2. The third-order valence-electron chi connectivity index (χ3n) is 18.0. The lowest BCUT2D eigenvalue weighted by Crippen LogP contribution is -2.62. The van der Waals surface area contributed by atoms with Crippen molar-refractivity contribution in [1.82, 2.24) is 95.4 Å². The largest absolute Gasteiger partial charge is 0.481 e. The van der Waals surface area contributed by atoms with E-state index < -0.39 is 295 Å². The molecular weight excluding hydrogens is 1710 g/mol. The summed E-state index contributed by atoms with van der Waals surface area (Å²) in [4.78, 5) is 261. The van der Waals surface area contributed by atoms with Crippen LogP contribution in [0.1, 0.15) is 70.3 Å². The molecule has 0 radical (unpaired) electrons. The molecule has 5 rings (SSSR count). The van der Waals surface area contributed by atoms with Gasteiger partial charge in [-0.2, -0.15) is 0 Å². The van der Waals surface area contributed by atoms with Crippen LogP contribution in [0, 0.1) is 10.8 Å². The first kappa shape index (κ1) is 101. The van der Waals surface area contributed by atoms with Gasteiger partial charge in [0.2, 0.25) is 100 Å². The highest BCUT2D eigenvalue weighted by Gasteiger charge is 2.40. The van der Waals surface area contributed by atoms with Crippen LogP contribution in [0.2, 0.25) is 0 Å². The fourth-order valence-corrected chi connectivity index (χ4v) is 18.3. The number of nitrogens with two attached hydrogens (primary N) is 6. The van der Waals surface area contributed by atoms with Crippen LogP contribution < -0.4 is 125 Å². The van der Waals surface area contributed by atoms with Crippen molar-refractivity contribution in [2.45, 2.75) is 168 Å². The van der Waals surface area contributed by atoms with Crippen molar-refractivity contribution >= 4 is 194 Å². The first-order valence-corrected chi connectivity index (χ1v) is 45.0. The van der Waals surface area contributed by atoms with Gasteiger partial charge in [0.15, 0.2) is 11.9 Å². The number of hydrogen-bond acceptors (Lipinski definition) is 31. The molecule has 4 bridgehead atoms. The number of unbranched alkanes of at least 4 members (excludes halogenated alkanes) is 1. The summed E-state index contributed by atoms with van der Waals surface area (Å²) in [5.41, 5.74) is 35.8. The molecule has 1 aromatic heterocycles. The van der Waals surface area contributed by atoms with Gasteiger partial charge in [-0.15, -0.1) is 0 Å². The van der Waals surface area contributed by atoms with Gasteiger partial charge in [0.25, 0.3) is 0 Å². The number of aliphatic hydroxyl groups excluding tert-OH is 3. The molecule has 16 atom stereocenters. The van der Waals surface area contributed by atoms with E-state index in [1.54, 1.807) is 24.3 Å². The average molecular weight is 1820 g/mol. The molecule has 0 aliphatic carbocycles. The zero-order valence-corrected chi connectivity index (χ0v) is 70.1. The van der Waals surface area contributed by atoms with Crippen molar-refractivity contribution in [1.29, 1.82) is 10.8 Å². The van der Waals surface area contributed by atoms with Gasteiger partial charge in [0, 0.05) is 71.1 Å². The quantitative estimate of drug-likeness (QED) is 0.0225. The Morgan fingerprint density at radius 3 is 1.24 bits per heavy atom. The molecule has 36 N–H and O–H groups in total. The zero-order valence-electron chi connectivity index (χ0n) is 65.2. The topological polar surface area (TPSA) is 812 Å². The molecule has 3 fully saturated rings. The first-order valence-electron chi connectivity index (χ1n) is 37.5. The molecule has 4 heterocycles. The Morgan fingerprint density at radius 1 is 0.421 bits per heavy atom. The van der Waals surface area contributed by atoms with Crippen LogP contribution in [0.4, 0.5) is 0 Å². The highest BCUT2D eigenvalue weighted by Crippen LogP contribution is 2.28. The lowest BCUT2D eigenvalue weighted by Gasteiger charge is -2.28. The van der Waals surface area contributed by atoms with Crippen molar-refractivity contribution in [3.05, 3.63) is 36.0 Å². The normalized spacial score (nSPS) is 27.0. The molecule has 3 saturated heterocycles. The zero-order chi connectivity index (χ0) is 89.6. The predicted molar refractivity (Wildman–Crippen MR) is 447 cm³/mol. The van der Waals surface area contributed by atoms with Crippen LogP contribution in [-0.4, -0.2) is 314 Å². The second kappa shape index (κ2) is 52.1. The van der Waals surface area contributed by atoms with Crippen molar-refractivity contribution < 1.29 is 107 Å². The van der Waals surface area contributed by atoms with Crippen LogP contribution in [0.25, 0.3) is 10.9 Å². The molecule has 1 aromatic carbocycles. The number of nitrogens with one attached hydrogen (secondary N) is 20. The molecule has 17 amide bonds. The van der Waals surface area contributed by atoms with E-state index in [-0.39, 0.29) is 58.2 Å². The summed E-state index contributed by atoms with van der Waals surface area (Å²) in [6.45, 7) is -2.88. The maximum Gasteiger partial charge on any atom is 0.305 e. The number of benzene rings is 1. The van der Waals surface area contributed by atoms with Gasteiger partial charge in [0.05, 0.1) is 38.7 Å². The number of aromatic amines is 1. The number of fused-ring (bicyclic) bond motifs is 17. The van der Waals surface area contributed by atoms with E-state index in [1.807, 2.05) is 0 Å². The van der Waals surface area contributed by atoms with Gasteiger partial charge in [-0.05, 0) is 70.0 Å². The van der Waals surface area contributed by atoms with Crippen molar-refractivity contribution in [2.75, 3.05) is 74.0 Å². The molecule has 670 valence electrons. The number of aromatic nitrogens is 1. The van der Waals surface area contributed by atoms with Gasteiger partial charge in [-0.1, -0.05) is 83.0 Å². The fraction of sp³-hybridized carbons (Fsp3) is 0.582. The van der Waals surface area contributed by atoms with Crippen LogP contribution in [0.15, 0.2) is 30.5 Å². The lowest BCUT2D eigenvalue weighted by molar-refractivity contribution is -0.141. The van der Waals surface area contributed by atoms with Gasteiger partial charge in [-0.25, -0.2) is 0 Å². The average Bonchev–Trinajstić information content (AvgIpc) is 1.67. The monoisotopic (exact) mass is 1820 g/mol. The first-order chi connectivity index (χ1) is 57.5. The van der Waals surface area contributed by atoms with E-state index >= 15 is 9.59 Å². The Morgan fingerprint density at radius 2 is 0.777 bits per heavy atom. The maximum absolute atomic E-state index is 15.4. The summed E-state index contributed by atoms with van der Waals surface area (Å²) in [5.74, 6) is -26.9. The Bertz CT molecular complexity index is 4050. The van der Waals surface area contributed by atoms with Crippen LogP contribution in [-0.2, 0) is 92.7 Å². The summed E-state index contributed by atoms with van der Waals surface area (Å²) in [5, 5.41) is 98.7. The minimum absolute atomic E-state index is 0.0684. The van der Waals surface area contributed by atoms with Crippen molar-refractivity contribution in [3.8, 4) is 0 Å². The number of carboxylic acids is 1. The molecule has 2 aromatic rings. The van der Waals surface area contributed by atoms with Gasteiger partial charge in [0.1, 0.15) is 90.6 Å². The molecule has 48 nitrogen and oxygen atoms in total. The molecule has 3 aliphatic heterocycles. The maximum atomic E-state index is 15.4. The highest BCUT2D eigenvalue weighted by molar-refractivity contribution is 8.77. The number of guanidine groups is 2. The number of para-hydroxylation sites is 1. The second-order valence-corrected chi connectivity index (χ2v) is 35.1. The molecule has 0 unspecified atom stereocenters. The van der Waals surface area contributed by atoms with Gasteiger partial charge < -0.3 is 150 Å². The van der Waals surface area contributed by atoms with Crippen molar-refractivity contribution in [2.24, 2.45) is 34.4 Å². The summed E-state index contributed by atoms with van der Waals surface area (Å²) < 4.78 is 0. The Kier molecular flexibility index (Phi) is 43.6. The number of rotatable bonds is 22. The van der Waals surface area contributed by atoms with Crippen molar-refractivity contribution in [3.63, 3.8) is 0 Å².